The molecule has 4 bridgehead atoms. The lowest BCUT2D eigenvalue weighted by molar-refractivity contribution is -0.679. The molecule has 20 heavy (non-hydrogen) atoms. The molecule has 4 heteroatoms. The lowest BCUT2D eigenvalue weighted by atomic mass is 9.53. The average molecular weight is 279 g/mol. The minimum atomic E-state index is -0.668. The third-order valence-electron chi connectivity index (χ3n) is 6.34. The molecule has 0 atom stereocenters. The van der Waals surface area contributed by atoms with Crippen LogP contribution in [0.25, 0.3) is 0 Å². The van der Waals surface area contributed by atoms with Crippen molar-refractivity contribution in [1.82, 2.24) is 0 Å². The van der Waals surface area contributed by atoms with Gasteiger partial charge in [0, 0.05) is 24.7 Å². The van der Waals surface area contributed by atoms with Crippen LogP contribution in [0.2, 0.25) is 0 Å². The van der Waals surface area contributed by atoms with Gasteiger partial charge in [0.15, 0.2) is 0 Å². The summed E-state index contributed by atoms with van der Waals surface area (Å²) in [6.45, 7) is 0. The molecule has 111 valence electrons. The van der Waals surface area contributed by atoms with E-state index in [0.717, 1.165) is 37.5 Å². The molecule has 1 radical (unpaired) electrons. The summed E-state index contributed by atoms with van der Waals surface area (Å²) in [6, 6.07) is 0. The molecule has 0 N–H and O–H groups in total. The van der Waals surface area contributed by atoms with Gasteiger partial charge in [-0.25, -0.2) is 0 Å². The van der Waals surface area contributed by atoms with Crippen LogP contribution in [0.1, 0.15) is 57.8 Å². The zero-order chi connectivity index (χ0) is 13.2. The maximum Gasteiger partial charge on any atom is 0.239 e. The third kappa shape index (κ3) is 1.62. The lowest BCUT2D eigenvalue weighted by Gasteiger charge is -2.60. The molecule has 2 spiro atoms. The van der Waals surface area contributed by atoms with Crippen LogP contribution < -0.4 is 0 Å². The van der Waals surface area contributed by atoms with Crippen molar-refractivity contribution in [3.8, 4) is 0 Å². The fourth-order valence-corrected chi connectivity index (χ4v) is 5.51. The van der Waals surface area contributed by atoms with Gasteiger partial charge in [0.2, 0.25) is 11.6 Å². The van der Waals surface area contributed by atoms with Gasteiger partial charge in [-0.15, -0.1) is 0 Å². The summed E-state index contributed by atoms with van der Waals surface area (Å²) in [7, 11) is 0. The molecule has 0 aromatic heterocycles. The second-order valence-corrected chi connectivity index (χ2v) is 7.65. The summed E-state index contributed by atoms with van der Waals surface area (Å²) < 4.78 is 0. The first kappa shape index (κ1) is 12.4. The van der Waals surface area contributed by atoms with E-state index < -0.39 is 11.6 Å². The van der Waals surface area contributed by atoms with Crippen molar-refractivity contribution in [2.45, 2.75) is 69.4 Å². The Morgan fingerprint density at radius 2 is 1.45 bits per heavy atom. The Kier molecular flexibility index (Phi) is 2.59. The Hall–Kier alpha value is -0.160. The second-order valence-electron chi connectivity index (χ2n) is 7.65. The van der Waals surface area contributed by atoms with Gasteiger partial charge in [-0.05, 0) is 63.2 Å². The van der Waals surface area contributed by atoms with Gasteiger partial charge in [-0.1, -0.05) is 0 Å². The molecule has 5 saturated carbocycles. The zero-order valence-corrected chi connectivity index (χ0v) is 11.9. The van der Waals surface area contributed by atoms with Gasteiger partial charge in [-0.3, -0.25) is 0 Å². The molecular formula is C16H23O4. The molecule has 1 saturated heterocycles. The van der Waals surface area contributed by atoms with E-state index in [2.05, 4.69) is 6.42 Å². The van der Waals surface area contributed by atoms with Crippen LogP contribution >= 0.6 is 0 Å². The molecule has 6 aliphatic rings. The van der Waals surface area contributed by atoms with Gasteiger partial charge >= 0.3 is 0 Å². The second kappa shape index (κ2) is 4.19. The number of hydrogen-bond acceptors (Lipinski definition) is 4. The first-order chi connectivity index (χ1) is 9.78. The molecule has 0 unspecified atom stereocenters. The summed E-state index contributed by atoms with van der Waals surface area (Å²) in [4.78, 5) is 23.6. The first-order valence-corrected chi connectivity index (χ1v) is 8.33. The van der Waals surface area contributed by atoms with Crippen molar-refractivity contribution in [1.29, 1.82) is 0 Å². The number of rotatable bonds is 0. The largest absolute Gasteiger partial charge is 0.239 e. The molecule has 6 rings (SSSR count). The van der Waals surface area contributed by atoms with Gasteiger partial charge < -0.3 is 0 Å². The minimum absolute atomic E-state index is 0.462. The summed E-state index contributed by atoms with van der Waals surface area (Å²) in [6.07, 6.45) is 12.4. The van der Waals surface area contributed by atoms with Crippen molar-refractivity contribution in [3.63, 3.8) is 0 Å². The van der Waals surface area contributed by atoms with E-state index in [0.29, 0.717) is 11.8 Å². The van der Waals surface area contributed by atoms with Crippen LogP contribution in [0.4, 0.5) is 0 Å². The maximum atomic E-state index is 5.97. The van der Waals surface area contributed by atoms with E-state index in [1.54, 1.807) is 0 Å². The molecule has 6 fully saturated rings. The normalized spacial score (nSPS) is 48.0. The SMILES string of the molecule is [CH]1CCCC2(C1)OOC1(OO2)C2CC3CC(C2)CC1C3. The van der Waals surface area contributed by atoms with Gasteiger partial charge in [0.05, 0.1) is 0 Å². The van der Waals surface area contributed by atoms with Crippen molar-refractivity contribution >= 4 is 0 Å². The highest BCUT2D eigenvalue weighted by atomic mass is 17.4. The Balaban J connectivity index is 1.37. The van der Waals surface area contributed by atoms with Crippen molar-refractivity contribution in [3.05, 3.63) is 6.42 Å². The third-order valence-corrected chi connectivity index (χ3v) is 6.34. The minimum Gasteiger partial charge on any atom is -0.195 e. The van der Waals surface area contributed by atoms with Crippen molar-refractivity contribution in [2.24, 2.45) is 23.7 Å². The smallest absolute Gasteiger partial charge is 0.195 e. The summed E-state index contributed by atoms with van der Waals surface area (Å²) in [5, 5.41) is 0. The van der Waals surface area contributed by atoms with Gasteiger partial charge in [-0.2, -0.15) is 19.6 Å². The summed E-state index contributed by atoms with van der Waals surface area (Å²) in [5.41, 5.74) is 0. The Morgan fingerprint density at radius 3 is 2.00 bits per heavy atom. The number of hydrogen-bond donors (Lipinski definition) is 0. The lowest BCUT2D eigenvalue weighted by Crippen LogP contribution is -2.64. The molecule has 0 amide bonds. The fourth-order valence-electron chi connectivity index (χ4n) is 5.51. The van der Waals surface area contributed by atoms with E-state index in [9.17, 15) is 0 Å². The van der Waals surface area contributed by atoms with E-state index in [1.165, 1.54) is 32.1 Å². The van der Waals surface area contributed by atoms with Crippen LogP contribution in [-0.2, 0) is 19.6 Å². The molecular weight excluding hydrogens is 256 g/mol. The maximum absolute atomic E-state index is 5.97. The van der Waals surface area contributed by atoms with E-state index in [-0.39, 0.29) is 0 Å². The Bertz CT molecular complexity index is 361. The topological polar surface area (TPSA) is 36.9 Å². The van der Waals surface area contributed by atoms with Crippen molar-refractivity contribution < 1.29 is 19.6 Å². The van der Waals surface area contributed by atoms with Crippen LogP contribution in [-0.4, -0.2) is 11.6 Å². The predicted molar refractivity (Wildman–Crippen MR) is 69.6 cm³/mol. The molecule has 0 aromatic carbocycles. The van der Waals surface area contributed by atoms with Gasteiger partial charge in [0.1, 0.15) is 0 Å². The fraction of sp³-hybridized carbons (Fsp3) is 0.938. The highest BCUT2D eigenvalue weighted by Gasteiger charge is 2.64. The zero-order valence-electron chi connectivity index (χ0n) is 11.9. The van der Waals surface area contributed by atoms with E-state index in [1.807, 2.05) is 0 Å². The van der Waals surface area contributed by atoms with Gasteiger partial charge in [0.25, 0.3) is 0 Å². The standard InChI is InChI=1S/C16H23O4/c1-2-4-15(5-3-1)17-19-16(20-18-15)13-7-11-6-12(9-13)10-14(16)8-11/h2,11-14H,1,3-10H2. The van der Waals surface area contributed by atoms with Crippen molar-refractivity contribution in [2.75, 3.05) is 0 Å². The molecule has 1 heterocycles. The van der Waals surface area contributed by atoms with Crippen LogP contribution in [0.5, 0.6) is 0 Å². The molecule has 4 nitrogen and oxygen atoms in total. The monoisotopic (exact) mass is 279 g/mol. The highest BCUT2D eigenvalue weighted by Crippen LogP contribution is 2.61. The molecule has 1 aliphatic heterocycles. The van der Waals surface area contributed by atoms with Crippen LogP contribution in [0, 0.1) is 30.1 Å². The van der Waals surface area contributed by atoms with E-state index in [4.69, 9.17) is 19.6 Å². The predicted octanol–water partition coefficient (Wildman–Crippen LogP) is 3.52. The average Bonchev–Trinajstić information content (AvgIpc) is 2.47. The molecule has 5 aliphatic carbocycles. The highest BCUT2D eigenvalue weighted by molar-refractivity contribution is 5.03. The van der Waals surface area contributed by atoms with Crippen LogP contribution in [0.3, 0.4) is 0 Å². The Labute approximate surface area is 119 Å². The first-order valence-electron chi connectivity index (χ1n) is 8.33. The molecule has 0 aromatic rings. The van der Waals surface area contributed by atoms with Crippen LogP contribution in [0.15, 0.2) is 0 Å². The summed E-state index contributed by atoms with van der Waals surface area (Å²) >= 11 is 0. The quantitative estimate of drug-likeness (QED) is 0.636. The summed E-state index contributed by atoms with van der Waals surface area (Å²) in [5.74, 6) is 1.42. The van der Waals surface area contributed by atoms with E-state index >= 15 is 0 Å². The Morgan fingerprint density at radius 1 is 0.800 bits per heavy atom.